The first-order chi connectivity index (χ1) is 7.48. The quantitative estimate of drug-likeness (QED) is 0.744. The lowest BCUT2D eigenvalue weighted by molar-refractivity contribution is -0.146. The molecule has 4 nitrogen and oxygen atoms in total. The van der Waals surface area contributed by atoms with Crippen LogP contribution in [0.4, 0.5) is 0 Å². The van der Waals surface area contributed by atoms with Gasteiger partial charge >= 0.3 is 0 Å². The van der Waals surface area contributed by atoms with Crippen LogP contribution in [0.5, 0.6) is 0 Å². The zero-order valence-corrected chi connectivity index (χ0v) is 11.4. The molecule has 5 heteroatoms. The number of likely N-dealkylation sites (N-methyl/N-ethyl adjacent to an activating group) is 1. The Morgan fingerprint density at radius 2 is 2.25 bits per heavy atom. The fourth-order valence-electron chi connectivity index (χ4n) is 1.52. The van der Waals surface area contributed by atoms with Gasteiger partial charge in [-0.15, -0.1) is 0 Å². The van der Waals surface area contributed by atoms with Crippen molar-refractivity contribution in [2.45, 2.75) is 25.5 Å². The van der Waals surface area contributed by atoms with Gasteiger partial charge < -0.3 is 15.0 Å². The number of carbonyl (C=O) groups excluding carboxylic acids is 1. The molecule has 0 aromatic carbocycles. The summed E-state index contributed by atoms with van der Waals surface area (Å²) < 4.78 is 5.62. The van der Waals surface area contributed by atoms with E-state index in [1.165, 1.54) is 0 Å². The van der Waals surface area contributed by atoms with Crippen molar-refractivity contribution in [2.75, 3.05) is 38.8 Å². The standard InChI is InChI=1S/C11H22N2O2S/c1-9(6-16-4)13(3)10(14)5-15-11(2)7-12-8-11/h9,12H,5-8H2,1-4H3. The molecule has 1 fully saturated rings. The smallest absolute Gasteiger partial charge is 0.248 e. The average molecular weight is 246 g/mol. The Hall–Kier alpha value is -0.260. The van der Waals surface area contributed by atoms with E-state index in [1.807, 2.05) is 20.2 Å². The summed E-state index contributed by atoms with van der Waals surface area (Å²) in [6.07, 6.45) is 2.05. The van der Waals surface area contributed by atoms with Gasteiger partial charge in [-0.2, -0.15) is 11.8 Å². The van der Waals surface area contributed by atoms with Crippen LogP contribution in [0.25, 0.3) is 0 Å². The van der Waals surface area contributed by atoms with E-state index >= 15 is 0 Å². The minimum absolute atomic E-state index is 0.0645. The summed E-state index contributed by atoms with van der Waals surface area (Å²) in [5.41, 5.74) is -0.140. The molecule has 94 valence electrons. The van der Waals surface area contributed by atoms with Crippen LogP contribution in [-0.4, -0.2) is 61.2 Å². The highest BCUT2D eigenvalue weighted by atomic mass is 32.2. The van der Waals surface area contributed by atoms with E-state index in [0.29, 0.717) is 0 Å². The van der Waals surface area contributed by atoms with Crippen LogP contribution < -0.4 is 5.32 Å². The topological polar surface area (TPSA) is 41.6 Å². The summed E-state index contributed by atoms with van der Waals surface area (Å²) in [6.45, 7) is 5.95. The van der Waals surface area contributed by atoms with Crippen molar-refractivity contribution in [1.29, 1.82) is 0 Å². The summed E-state index contributed by atoms with van der Waals surface area (Å²) in [6, 6.07) is 0.262. The average Bonchev–Trinajstić information content (AvgIpc) is 2.22. The maximum Gasteiger partial charge on any atom is 0.248 e. The minimum atomic E-state index is -0.140. The molecule has 0 aliphatic carbocycles. The van der Waals surface area contributed by atoms with Crippen molar-refractivity contribution in [3.8, 4) is 0 Å². The molecule has 0 aromatic rings. The van der Waals surface area contributed by atoms with E-state index in [1.54, 1.807) is 16.7 Å². The Balaban J connectivity index is 2.28. The van der Waals surface area contributed by atoms with Crippen LogP contribution in [0.2, 0.25) is 0 Å². The lowest BCUT2D eigenvalue weighted by Crippen LogP contribution is -2.59. The van der Waals surface area contributed by atoms with Crippen molar-refractivity contribution in [1.82, 2.24) is 10.2 Å². The van der Waals surface area contributed by atoms with E-state index in [2.05, 4.69) is 12.2 Å². The first-order valence-corrected chi connectivity index (χ1v) is 6.97. The number of hydrogen-bond donors (Lipinski definition) is 1. The van der Waals surface area contributed by atoms with Gasteiger partial charge in [-0.25, -0.2) is 0 Å². The number of carbonyl (C=O) groups is 1. The number of rotatable bonds is 6. The number of thioether (sulfide) groups is 1. The molecule has 1 atom stereocenters. The molecule has 1 saturated heterocycles. The minimum Gasteiger partial charge on any atom is -0.363 e. The van der Waals surface area contributed by atoms with Gasteiger partial charge in [-0.1, -0.05) is 0 Å². The molecule has 0 bridgehead atoms. The molecule has 1 unspecified atom stereocenters. The Morgan fingerprint density at radius 1 is 1.62 bits per heavy atom. The normalized spacial score (nSPS) is 20.0. The number of nitrogens with one attached hydrogen (secondary N) is 1. The predicted octanol–water partition coefficient (Wildman–Crippen LogP) is 0.575. The van der Waals surface area contributed by atoms with Crippen LogP contribution >= 0.6 is 11.8 Å². The van der Waals surface area contributed by atoms with Crippen molar-refractivity contribution in [3.05, 3.63) is 0 Å². The van der Waals surface area contributed by atoms with Gasteiger partial charge in [0.1, 0.15) is 6.61 Å². The van der Waals surface area contributed by atoms with E-state index in [0.717, 1.165) is 18.8 Å². The second-order valence-electron chi connectivity index (χ2n) is 4.65. The summed E-state index contributed by atoms with van der Waals surface area (Å²) in [4.78, 5) is 13.6. The molecule has 1 heterocycles. The first-order valence-electron chi connectivity index (χ1n) is 5.58. The van der Waals surface area contributed by atoms with E-state index in [4.69, 9.17) is 4.74 Å². The zero-order valence-electron chi connectivity index (χ0n) is 10.6. The molecule has 0 spiro atoms. The molecule has 1 N–H and O–H groups in total. The highest BCUT2D eigenvalue weighted by Gasteiger charge is 2.33. The van der Waals surface area contributed by atoms with Crippen LogP contribution in [0.15, 0.2) is 0 Å². The molecule has 0 radical (unpaired) electrons. The third kappa shape index (κ3) is 3.64. The molecule has 1 rings (SSSR count). The Bertz CT molecular complexity index is 244. The van der Waals surface area contributed by atoms with Crippen LogP contribution in [-0.2, 0) is 9.53 Å². The molecular weight excluding hydrogens is 224 g/mol. The highest BCUT2D eigenvalue weighted by Crippen LogP contribution is 2.15. The van der Waals surface area contributed by atoms with Gasteiger partial charge in [-0.05, 0) is 20.1 Å². The number of ether oxygens (including phenoxy) is 1. The third-order valence-corrected chi connectivity index (χ3v) is 3.82. The van der Waals surface area contributed by atoms with Crippen molar-refractivity contribution < 1.29 is 9.53 Å². The maximum atomic E-state index is 11.8. The summed E-state index contributed by atoms with van der Waals surface area (Å²) in [7, 11) is 1.84. The Kier molecular flexibility index (Phi) is 5.08. The van der Waals surface area contributed by atoms with E-state index in [-0.39, 0.29) is 24.2 Å². The summed E-state index contributed by atoms with van der Waals surface area (Å²) in [5, 5.41) is 3.14. The number of nitrogens with zero attached hydrogens (tertiary/aromatic N) is 1. The van der Waals surface area contributed by atoms with E-state index in [9.17, 15) is 4.79 Å². The largest absolute Gasteiger partial charge is 0.363 e. The molecule has 1 amide bonds. The number of hydrogen-bond acceptors (Lipinski definition) is 4. The summed E-state index contributed by atoms with van der Waals surface area (Å²) in [5.74, 6) is 1.02. The fourth-order valence-corrected chi connectivity index (χ4v) is 2.22. The molecule has 0 aromatic heterocycles. The van der Waals surface area contributed by atoms with Crippen LogP contribution in [0.1, 0.15) is 13.8 Å². The maximum absolute atomic E-state index is 11.8. The molecular formula is C11H22N2O2S. The lowest BCUT2D eigenvalue weighted by Gasteiger charge is -2.39. The van der Waals surface area contributed by atoms with Crippen molar-refractivity contribution in [2.24, 2.45) is 0 Å². The van der Waals surface area contributed by atoms with E-state index < -0.39 is 0 Å². The van der Waals surface area contributed by atoms with Gasteiger partial charge in [0.05, 0.1) is 5.60 Å². The Morgan fingerprint density at radius 3 is 2.69 bits per heavy atom. The second kappa shape index (κ2) is 5.89. The van der Waals surface area contributed by atoms with Crippen molar-refractivity contribution >= 4 is 17.7 Å². The Labute approximate surface area is 102 Å². The lowest BCUT2D eigenvalue weighted by atomic mass is 10.0. The first kappa shape index (κ1) is 13.8. The van der Waals surface area contributed by atoms with Crippen LogP contribution in [0.3, 0.4) is 0 Å². The van der Waals surface area contributed by atoms with Gasteiger partial charge in [0.25, 0.3) is 0 Å². The fraction of sp³-hybridized carbons (Fsp3) is 0.909. The van der Waals surface area contributed by atoms with Crippen LogP contribution in [0, 0.1) is 0 Å². The second-order valence-corrected chi connectivity index (χ2v) is 5.56. The molecule has 1 aliphatic rings. The SMILES string of the molecule is CSCC(C)N(C)C(=O)COC1(C)CNC1. The molecule has 1 aliphatic heterocycles. The summed E-state index contributed by atoms with van der Waals surface area (Å²) >= 11 is 1.75. The van der Waals surface area contributed by atoms with Crippen molar-refractivity contribution in [3.63, 3.8) is 0 Å². The highest BCUT2D eigenvalue weighted by molar-refractivity contribution is 7.98. The molecule has 16 heavy (non-hydrogen) atoms. The molecule has 0 saturated carbocycles. The number of amides is 1. The third-order valence-electron chi connectivity index (χ3n) is 3.00. The van der Waals surface area contributed by atoms with Gasteiger partial charge in [0.2, 0.25) is 5.91 Å². The zero-order chi connectivity index (χ0) is 12.2. The van der Waals surface area contributed by atoms with Gasteiger partial charge in [0, 0.05) is 31.9 Å². The predicted molar refractivity (Wildman–Crippen MR) is 67.8 cm³/mol. The monoisotopic (exact) mass is 246 g/mol. The van der Waals surface area contributed by atoms with Gasteiger partial charge in [-0.3, -0.25) is 4.79 Å². The van der Waals surface area contributed by atoms with Gasteiger partial charge in [0.15, 0.2) is 0 Å².